The molecule has 0 radical (unpaired) electrons. The fourth-order valence-corrected chi connectivity index (χ4v) is 2.64. The average molecular weight is 276 g/mol. The van der Waals surface area contributed by atoms with E-state index in [2.05, 4.69) is 29.9 Å². The molecule has 2 heterocycles. The lowest BCUT2D eigenvalue weighted by molar-refractivity contribution is 0.644. The maximum absolute atomic E-state index is 5.98. The predicted octanol–water partition coefficient (Wildman–Crippen LogP) is 2.55. The van der Waals surface area contributed by atoms with Gasteiger partial charge in [-0.25, -0.2) is 9.97 Å². The molecule has 0 aliphatic carbocycles. The summed E-state index contributed by atoms with van der Waals surface area (Å²) in [7, 11) is 1.99. The van der Waals surface area contributed by atoms with Gasteiger partial charge in [0.2, 0.25) is 0 Å². The van der Waals surface area contributed by atoms with Gasteiger partial charge in [0.25, 0.3) is 0 Å². The van der Waals surface area contributed by atoms with Crippen LogP contribution in [0.5, 0.6) is 0 Å². The molecule has 0 saturated carbocycles. The lowest BCUT2D eigenvalue weighted by Gasteiger charge is -2.10. The summed E-state index contributed by atoms with van der Waals surface area (Å²) in [6.07, 6.45) is 7.53. The molecular weight excluding hydrogens is 256 g/mol. The molecule has 1 unspecified atom stereocenters. The summed E-state index contributed by atoms with van der Waals surface area (Å²) in [5.41, 5.74) is 8.36. The van der Waals surface area contributed by atoms with Crippen LogP contribution in [0.1, 0.15) is 24.5 Å². The van der Waals surface area contributed by atoms with Crippen molar-refractivity contribution in [2.75, 3.05) is 0 Å². The topological polar surface area (TPSA) is 56.7 Å². The molecule has 0 fully saturated rings. The Labute approximate surface area is 118 Å². The Balaban J connectivity index is 2.13. The van der Waals surface area contributed by atoms with Crippen molar-refractivity contribution in [3.63, 3.8) is 0 Å². The van der Waals surface area contributed by atoms with E-state index in [0.717, 1.165) is 23.0 Å². The van der Waals surface area contributed by atoms with Gasteiger partial charge in [-0.05, 0) is 42.7 Å². The van der Waals surface area contributed by atoms with Crippen LogP contribution in [0.3, 0.4) is 0 Å². The van der Waals surface area contributed by atoms with Crippen LogP contribution in [0, 0.1) is 6.92 Å². The van der Waals surface area contributed by atoms with Crippen molar-refractivity contribution in [1.29, 1.82) is 0 Å². The number of imidazole rings is 1. The van der Waals surface area contributed by atoms with Crippen LogP contribution in [0.15, 0.2) is 34.8 Å². The third-order valence-electron chi connectivity index (χ3n) is 3.07. The maximum atomic E-state index is 5.98. The van der Waals surface area contributed by atoms with E-state index in [4.69, 9.17) is 5.73 Å². The highest BCUT2D eigenvalue weighted by Gasteiger charge is 2.09. The van der Waals surface area contributed by atoms with Gasteiger partial charge < -0.3 is 10.3 Å². The molecule has 0 aliphatic rings. The molecule has 2 aromatic heterocycles. The van der Waals surface area contributed by atoms with Gasteiger partial charge in [-0.1, -0.05) is 13.0 Å². The average Bonchev–Trinajstić information content (AvgIpc) is 2.78. The van der Waals surface area contributed by atoms with Gasteiger partial charge in [0.05, 0.1) is 0 Å². The second-order valence-electron chi connectivity index (χ2n) is 4.76. The number of nitrogens with zero attached hydrogens (tertiary/aromatic N) is 3. The molecule has 1 atom stereocenters. The molecule has 5 heteroatoms. The summed E-state index contributed by atoms with van der Waals surface area (Å²) < 4.78 is 1.99. The van der Waals surface area contributed by atoms with Gasteiger partial charge in [-0.2, -0.15) is 0 Å². The van der Waals surface area contributed by atoms with E-state index in [1.54, 1.807) is 18.0 Å². The SMILES string of the molecule is CCC(N)Cc1cnc(Sc2nccn2C)c(C)c1. The van der Waals surface area contributed by atoms with Crippen LogP contribution in [-0.2, 0) is 13.5 Å². The molecule has 2 N–H and O–H groups in total. The largest absolute Gasteiger partial charge is 0.329 e. The second-order valence-corrected chi connectivity index (χ2v) is 5.72. The van der Waals surface area contributed by atoms with Crippen LogP contribution in [0.25, 0.3) is 0 Å². The highest BCUT2D eigenvalue weighted by molar-refractivity contribution is 7.99. The monoisotopic (exact) mass is 276 g/mol. The Kier molecular flexibility index (Phi) is 4.61. The molecule has 0 saturated heterocycles. The molecule has 4 nitrogen and oxygen atoms in total. The zero-order chi connectivity index (χ0) is 13.8. The molecule has 19 heavy (non-hydrogen) atoms. The van der Waals surface area contributed by atoms with Crippen LogP contribution < -0.4 is 5.73 Å². The van der Waals surface area contributed by atoms with Crippen LogP contribution in [0.4, 0.5) is 0 Å². The first-order chi connectivity index (χ1) is 9.10. The van der Waals surface area contributed by atoms with E-state index >= 15 is 0 Å². The first-order valence-corrected chi connectivity index (χ1v) is 7.28. The quantitative estimate of drug-likeness (QED) is 0.912. The predicted molar refractivity (Wildman–Crippen MR) is 78.3 cm³/mol. The fraction of sp³-hybridized carbons (Fsp3) is 0.429. The van der Waals surface area contributed by atoms with Gasteiger partial charge in [-0.3, -0.25) is 0 Å². The van der Waals surface area contributed by atoms with Gasteiger partial charge in [0, 0.05) is 31.7 Å². The molecule has 0 spiro atoms. The number of aromatic nitrogens is 3. The Morgan fingerprint density at radius 2 is 2.21 bits per heavy atom. The molecule has 0 aromatic carbocycles. The number of nitrogens with two attached hydrogens (primary N) is 1. The zero-order valence-corrected chi connectivity index (χ0v) is 12.4. The summed E-state index contributed by atoms with van der Waals surface area (Å²) in [6.45, 7) is 4.19. The van der Waals surface area contributed by atoms with Crippen molar-refractivity contribution in [2.45, 2.75) is 42.9 Å². The third kappa shape index (κ3) is 3.58. The summed E-state index contributed by atoms with van der Waals surface area (Å²) >= 11 is 1.59. The second kappa shape index (κ2) is 6.21. The van der Waals surface area contributed by atoms with Crippen LogP contribution in [0.2, 0.25) is 0 Å². The summed E-state index contributed by atoms with van der Waals surface area (Å²) in [6, 6.07) is 2.39. The standard InChI is InChI=1S/C14H20N4S/c1-4-12(15)8-11-7-10(2)13(17-9-11)19-14-16-5-6-18(14)3/h5-7,9,12H,4,8,15H2,1-3H3. The number of hydrogen-bond donors (Lipinski definition) is 1. The summed E-state index contributed by atoms with van der Waals surface area (Å²) in [4.78, 5) is 8.84. The van der Waals surface area contributed by atoms with Gasteiger partial charge in [0.15, 0.2) is 5.16 Å². The molecule has 0 bridgehead atoms. The van der Waals surface area contributed by atoms with Crippen molar-refractivity contribution < 1.29 is 0 Å². The molecule has 0 aliphatic heterocycles. The first-order valence-electron chi connectivity index (χ1n) is 6.46. The molecular formula is C14H20N4S. The highest BCUT2D eigenvalue weighted by atomic mass is 32.2. The fourth-order valence-electron chi connectivity index (χ4n) is 1.82. The zero-order valence-electron chi connectivity index (χ0n) is 11.6. The highest BCUT2D eigenvalue weighted by Crippen LogP contribution is 2.27. The lowest BCUT2D eigenvalue weighted by atomic mass is 10.1. The number of aryl methyl sites for hydroxylation is 2. The lowest BCUT2D eigenvalue weighted by Crippen LogP contribution is -2.21. The number of pyridine rings is 1. The van der Waals surface area contributed by atoms with E-state index in [0.29, 0.717) is 0 Å². The maximum Gasteiger partial charge on any atom is 0.174 e. The minimum atomic E-state index is 0.217. The van der Waals surface area contributed by atoms with Crippen molar-refractivity contribution in [3.8, 4) is 0 Å². The molecule has 2 aromatic rings. The summed E-state index contributed by atoms with van der Waals surface area (Å²) in [5, 5.41) is 1.96. The summed E-state index contributed by atoms with van der Waals surface area (Å²) in [5.74, 6) is 0. The van der Waals surface area contributed by atoms with E-state index in [-0.39, 0.29) is 6.04 Å². The number of hydrogen-bond acceptors (Lipinski definition) is 4. The van der Waals surface area contributed by atoms with Gasteiger partial charge in [-0.15, -0.1) is 0 Å². The van der Waals surface area contributed by atoms with Crippen molar-refractivity contribution >= 4 is 11.8 Å². The van der Waals surface area contributed by atoms with E-state index in [1.807, 2.05) is 24.0 Å². The Morgan fingerprint density at radius 1 is 1.42 bits per heavy atom. The van der Waals surface area contributed by atoms with E-state index < -0.39 is 0 Å². The molecule has 2 rings (SSSR count). The first kappa shape index (κ1) is 14.1. The van der Waals surface area contributed by atoms with Gasteiger partial charge >= 0.3 is 0 Å². The Bertz CT molecular complexity index is 550. The Hall–Kier alpha value is -1.33. The minimum Gasteiger partial charge on any atom is -0.329 e. The molecule has 0 amide bonds. The van der Waals surface area contributed by atoms with Crippen LogP contribution >= 0.6 is 11.8 Å². The van der Waals surface area contributed by atoms with Gasteiger partial charge in [0.1, 0.15) is 5.03 Å². The van der Waals surface area contributed by atoms with E-state index in [1.165, 1.54) is 11.1 Å². The normalized spacial score (nSPS) is 12.6. The van der Waals surface area contributed by atoms with Crippen molar-refractivity contribution in [1.82, 2.24) is 14.5 Å². The van der Waals surface area contributed by atoms with Crippen LogP contribution in [-0.4, -0.2) is 20.6 Å². The molecule has 102 valence electrons. The van der Waals surface area contributed by atoms with Crippen molar-refractivity contribution in [2.24, 2.45) is 12.8 Å². The number of rotatable bonds is 5. The Morgan fingerprint density at radius 3 is 2.79 bits per heavy atom. The third-order valence-corrected chi connectivity index (χ3v) is 4.27. The van der Waals surface area contributed by atoms with E-state index in [9.17, 15) is 0 Å². The smallest absolute Gasteiger partial charge is 0.174 e. The minimum absolute atomic E-state index is 0.217. The van der Waals surface area contributed by atoms with Crippen molar-refractivity contribution in [3.05, 3.63) is 35.8 Å².